The highest BCUT2D eigenvalue weighted by atomic mass is 16.3. The Hall–Kier alpha value is -4.19. The van der Waals surface area contributed by atoms with E-state index in [4.69, 9.17) is 10.7 Å². The van der Waals surface area contributed by atoms with Gasteiger partial charge in [-0.15, -0.1) is 0 Å². The fraction of sp³-hybridized carbons (Fsp3) is 0.344. The summed E-state index contributed by atoms with van der Waals surface area (Å²) in [5.74, 6) is 6.50. The molecule has 6 rings (SSSR count). The van der Waals surface area contributed by atoms with E-state index in [0.29, 0.717) is 23.1 Å². The number of aliphatic hydroxyl groups is 1. The smallest absolute Gasteiger partial charge is 0.299 e. The summed E-state index contributed by atoms with van der Waals surface area (Å²) in [4.78, 5) is 27.2. The van der Waals surface area contributed by atoms with Gasteiger partial charge in [-0.1, -0.05) is 60.5 Å². The first-order valence-corrected chi connectivity index (χ1v) is 13.7. The molecule has 2 saturated heterocycles. The van der Waals surface area contributed by atoms with Gasteiger partial charge in [0, 0.05) is 42.6 Å². The maximum absolute atomic E-state index is 13.3. The number of nitrogens with zero attached hydrogens (tertiary/aromatic N) is 5. The molecule has 8 heteroatoms. The van der Waals surface area contributed by atoms with Crippen LogP contribution in [0.25, 0.3) is 16.8 Å². The molecule has 3 N–H and O–H groups in total. The first-order chi connectivity index (χ1) is 19.2. The van der Waals surface area contributed by atoms with Crippen LogP contribution in [0.1, 0.15) is 57.1 Å². The normalized spacial score (nSPS) is 21.9. The van der Waals surface area contributed by atoms with Gasteiger partial charge in [-0.05, 0) is 51.2 Å². The Bertz CT molecular complexity index is 1630. The van der Waals surface area contributed by atoms with Crippen molar-refractivity contribution in [2.24, 2.45) is 0 Å². The lowest BCUT2D eigenvalue weighted by atomic mass is 9.87. The summed E-state index contributed by atoms with van der Waals surface area (Å²) in [6, 6.07) is 17.6. The van der Waals surface area contributed by atoms with E-state index in [9.17, 15) is 9.90 Å². The molecule has 2 fully saturated rings. The van der Waals surface area contributed by atoms with Crippen LogP contribution in [0.3, 0.4) is 0 Å². The zero-order valence-corrected chi connectivity index (χ0v) is 23.2. The quantitative estimate of drug-likeness (QED) is 0.376. The summed E-state index contributed by atoms with van der Waals surface area (Å²) in [6.07, 6.45) is 4.42. The van der Waals surface area contributed by atoms with E-state index in [1.54, 1.807) is 20.0 Å². The molecule has 2 aliphatic heterocycles. The molecule has 4 heterocycles. The minimum Gasteiger partial charge on any atom is -0.382 e. The Morgan fingerprint density at radius 3 is 2.50 bits per heavy atom. The fourth-order valence-electron chi connectivity index (χ4n) is 6.52. The van der Waals surface area contributed by atoms with Crippen LogP contribution in [0, 0.1) is 11.8 Å². The number of carbonyl (C=O) groups excluding carboxylic acids is 1. The average molecular weight is 535 g/mol. The van der Waals surface area contributed by atoms with Gasteiger partial charge in [0.25, 0.3) is 5.91 Å². The standard InChI is InChI=1S/C32H34N6O2/c1-5-9-26(39)38-24-18-25(37(19-24)20(2)3)28(38)31-35-27(29-30(33)34-16-17-36(29)31)21-12-14-23(15-13-21)32(4,40)22-10-7-6-8-11-22/h6-8,10-17,20,24-25,28,40H,18-19H2,1-4H3,(H2,33,34)/t24-,25-,28?,32?/m0/s1. The molecule has 1 amide bonds. The molecule has 2 bridgehead atoms. The Morgan fingerprint density at radius 1 is 1.12 bits per heavy atom. The summed E-state index contributed by atoms with van der Waals surface area (Å²) < 4.78 is 1.98. The molecule has 8 nitrogen and oxygen atoms in total. The topological polar surface area (TPSA) is 100.0 Å². The summed E-state index contributed by atoms with van der Waals surface area (Å²) in [7, 11) is 0. The van der Waals surface area contributed by atoms with Gasteiger partial charge in [0.2, 0.25) is 0 Å². The van der Waals surface area contributed by atoms with Crippen LogP contribution in [0.2, 0.25) is 0 Å². The third-order valence-electron chi connectivity index (χ3n) is 8.48. The third-order valence-corrected chi connectivity index (χ3v) is 8.48. The molecule has 0 aliphatic carbocycles. The van der Waals surface area contributed by atoms with Gasteiger partial charge in [0.05, 0.1) is 0 Å². The van der Waals surface area contributed by atoms with Gasteiger partial charge in [-0.2, -0.15) is 0 Å². The molecular formula is C32H34N6O2. The predicted molar refractivity (Wildman–Crippen MR) is 155 cm³/mol. The van der Waals surface area contributed by atoms with Crippen LogP contribution >= 0.6 is 0 Å². The summed E-state index contributed by atoms with van der Waals surface area (Å²) in [5, 5.41) is 11.3. The largest absolute Gasteiger partial charge is 0.382 e. The number of amides is 1. The van der Waals surface area contributed by atoms with Crippen molar-refractivity contribution >= 4 is 17.2 Å². The molecule has 2 aliphatic rings. The molecule has 40 heavy (non-hydrogen) atoms. The maximum atomic E-state index is 13.3. The van der Waals surface area contributed by atoms with Gasteiger partial charge < -0.3 is 15.7 Å². The third kappa shape index (κ3) is 4.05. The monoisotopic (exact) mass is 534 g/mol. The number of benzene rings is 2. The van der Waals surface area contributed by atoms with E-state index in [0.717, 1.165) is 35.5 Å². The van der Waals surface area contributed by atoms with Crippen molar-refractivity contribution in [1.82, 2.24) is 24.2 Å². The number of nitrogen functional groups attached to an aromatic ring is 1. The zero-order chi connectivity index (χ0) is 28.2. The number of hydrogen-bond donors (Lipinski definition) is 2. The highest BCUT2D eigenvalue weighted by molar-refractivity contribution is 5.94. The van der Waals surface area contributed by atoms with Crippen LogP contribution in [0.4, 0.5) is 5.82 Å². The van der Waals surface area contributed by atoms with E-state index in [2.05, 4.69) is 35.6 Å². The van der Waals surface area contributed by atoms with Crippen LogP contribution in [0.15, 0.2) is 67.0 Å². The Kier molecular flexibility index (Phi) is 6.37. The molecule has 2 aromatic carbocycles. The number of anilines is 1. The minimum absolute atomic E-state index is 0.0836. The second-order valence-electron chi connectivity index (χ2n) is 11.1. The SMILES string of the molecule is CC#CC(=O)N1C(c2nc(-c3ccc(C(C)(O)c4ccccc4)cc3)c3c(N)nccn23)[C@@H]2C[C@H]1CN2C(C)C. The summed E-state index contributed by atoms with van der Waals surface area (Å²) >= 11 is 0. The van der Waals surface area contributed by atoms with Gasteiger partial charge in [-0.25, -0.2) is 9.97 Å². The molecule has 4 aromatic rings. The number of imidazole rings is 1. The van der Waals surface area contributed by atoms with Crippen molar-refractivity contribution in [3.05, 3.63) is 83.9 Å². The number of nitrogens with two attached hydrogens (primary N) is 1. The Balaban J connectivity index is 1.46. The van der Waals surface area contributed by atoms with Crippen LogP contribution in [-0.2, 0) is 10.4 Å². The number of hydrogen-bond acceptors (Lipinski definition) is 6. The molecule has 4 atom stereocenters. The highest BCUT2D eigenvalue weighted by Gasteiger charge is 2.54. The first kappa shape index (κ1) is 26.1. The van der Waals surface area contributed by atoms with Crippen molar-refractivity contribution in [3.8, 4) is 23.1 Å². The molecular weight excluding hydrogens is 500 g/mol. The number of aromatic nitrogens is 3. The molecule has 2 unspecified atom stereocenters. The van der Waals surface area contributed by atoms with Crippen LogP contribution < -0.4 is 5.73 Å². The van der Waals surface area contributed by atoms with E-state index < -0.39 is 5.60 Å². The average Bonchev–Trinajstić information content (AvgIpc) is 3.66. The van der Waals surface area contributed by atoms with Gasteiger partial charge >= 0.3 is 0 Å². The number of carbonyl (C=O) groups is 1. The summed E-state index contributed by atoms with van der Waals surface area (Å²) in [5.41, 5.74) is 9.14. The van der Waals surface area contributed by atoms with Crippen molar-refractivity contribution < 1.29 is 9.90 Å². The minimum atomic E-state index is -1.15. The second-order valence-corrected chi connectivity index (χ2v) is 11.1. The number of likely N-dealkylation sites (tertiary alicyclic amines) is 2. The molecule has 2 aromatic heterocycles. The molecule has 0 radical (unpaired) electrons. The van der Waals surface area contributed by atoms with Crippen molar-refractivity contribution in [3.63, 3.8) is 0 Å². The van der Waals surface area contributed by atoms with E-state index >= 15 is 0 Å². The van der Waals surface area contributed by atoms with E-state index in [1.807, 2.05) is 70.1 Å². The van der Waals surface area contributed by atoms with Gasteiger partial charge in [0.15, 0.2) is 0 Å². The van der Waals surface area contributed by atoms with E-state index in [-0.39, 0.29) is 24.0 Å². The van der Waals surface area contributed by atoms with Crippen molar-refractivity contribution in [2.45, 2.75) is 63.9 Å². The van der Waals surface area contributed by atoms with Crippen molar-refractivity contribution in [2.75, 3.05) is 12.3 Å². The Labute approximate surface area is 234 Å². The number of fused-ring (bicyclic) bond motifs is 3. The number of rotatable bonds is 5. The molecule has 204 valence electrons. The first-order valence-electron chi connectivity index (χ1n) is 13.7. The van der Waals surface area contributed by atoms with Crippen LogP contribution in [0.5, 0.6) is 0 Å². The van der Waals surface area contributed by atoms with Crippen LogP contribution in [-0.4, -0.2) is 59.9 Å². The summed E-state index contributed by atoms with van der Waals surface area (Å²) in [6.45, 7) is 8.70. The zero-order valence-electron chi connectivity index (χ0n) is 23.2. The lowest BCUT2D eigenvalue weighted by Gasteiger charge is -2.41. The highest BCUT2D eigenvalue weighted by Crippen LogP contribution is 2.46. The maximum Gasteiger partial charge on any atom is 0.299 e. The van der Waals surface area contributed by atoms with E-state index in [1.165, 1.54) is 0 Å². The Morgan fingerprint density at radius 2 is 1.82 bits per heavy atom. The molecule has 0 spiro atoms. The fourth-order valence-corrected chi connectivity index (χ4v) is 6.52. The predicted octanol–water partition coefficient (Wildman–Crippen LogP) is 3.99. The lowest BCUT2D eigenvalue weighted by molar-refractivity contribution is -0.131. The molecule has 0 saturated carbocycles. The van der Waals surface area contributed by atoms with Crippen molar-refractivity contribution in [1.29, 1.82) is 0 Å². The lowest BCUT2D eigenvalue weighted by Crippen LogP contribution is -2.52. The van der Waals surface area contributed by atoms with Gasteiger partial charge in [0.1, 0.15) is 34.5 Å². The second kappa shape index (κ2) is 9.77. The number of piperazine rings is 1. The van der Waals surface area contributed by atoms with Gasteiger partial charge in [-0.3, -0.25) is 14.1 Å².